The van der Waals surface area contributed by atoms with Crippen LogP contribution in [0.2, 0.25) is 5.02 Å². The SMILES string of the molecule is Cc1ccc(CNC(=O)NC2CCCCC2NS(=O)(=O)c2ccc(Cl)cc2)cc1. The van der Waals surface area contributed by atoms with Crippen LogP contribution in [0.5, 0.6) is 0 Å². The molecule has 0 spiro atoms. The quantitative estimate of drug-likeness (QED) is 0.645. The van der Waals surface area contributed by atoms with Gasteiger partial charge in [0, 0.05) is 23.7 Å². The van der Waals surface area contributed by atoms with E-state index in [1.54, 1.807) is 12.1 Å². The lowest BCUT2D eigenvalue weighted by Gasteiger charge is -2.32. The molecule has 3 rings (SSSR count). The highest BCUT2D eigenvalue weighted by Crippen LogP contribution is 2.21. The van der Waals surface area contributed by atoms with Gasteiger partial charge in [-0.2, -0.15) is 0 Å². The zero-order valence-corrected chi connectivity index (χ0v) is 17.9. The largest absolute Gasteiger partial charge is 0.334 e. The third-order valence-electron chi connectivity index (χ3n) is 5.09. The summed E-state index contributed by atoms with van der Waals surface area (Å²) in [4.78, 5) is 12.5. The Bertz CT molecular complexity index is 931. The number of hydrogen-bond acceptors (Lipinski definition) is 3. The third kappa shape index (κ3) is 6.19. The lowest BCUT2D eigenvalue weighted by molar-refractivity contribution is 0.227. The second-order valence-electron chi connectivity index (χ2n) is 7.39. The summed E-state index contributed by atoms with van der Waals surface area (Å²) in [6.45, 7) is 2.43. The number of carbonyl (C=O) groups excluding carboxylic acids is 1. The molecule has 0 saturated heterocycles. The van der Waals surface area contributed by atoms with Gasteiger partial charge in [-0.1, -0.05) is 54.3 Å². The molecule has 29 heavy (non-hydrogen) atoms. The lowest BCUT2D eigenvalue weighted by atomic mass is 9.91. The van der Waals surface area contributed by atoms with Gasteiger partial charge in [-0.05, 0) is 49.6 Å². The van der Waals surface area contributed by atoms with Crippen molar-refractivity contribution in [2.75, 3.05) is 0 Å². The summed E-state index contributed by atoms with van der Waals surface area (Å²) >= 11 is 5.85. The highest BCUT2D eigenvalue weighted by atomic mass is 35.5. The van der Waals surface area contributed by atoms with E-state index in [1.807, 2.05) is 31.2 Å². The molecule has 2 unspecified atom stereocenters. The topological polar surface area (TPSA) is 87.3 Å². The van der Waals surface area contributed by atoms with E-state index in [0.29, 0.717) is 18.0 Å². The molecule has 8 heteroatoms. The average Bonchev–Trinajstić information content (AvgIpc) is 2.69. The fourth-order valence-corrected chi connectivity index (χ4v) is 4.87. The maximum absolute atomic E-state index is 12.7. The highest BCUT2D eigenvalue weighted by molar-refractivity contribution is 7.89. The van der Waals surface area contributed by atoms with Crippen LogP contribution in [0.25, 0.3) is 0 Å². The van der Waals surface area contributed by atoms with E-state index in [2.05, 4.69) is 15.4 Å². The minimum atomic E-state index is -3.69. The van der Waals surface area contributed by atoms with Crippen LogP contribution in [-0.2, 0) is 16.6 Å². The standard InChI is InChI=1S/C21H26ClN3O3S/c1-15-6-8-16(9-7-15)14-23-21(26)24-19-4-2-3-5-20(19)25-29(27,28)18-12-10-17(22)11-13-18/h6-13,19-20,25H,2-5,14H2,1H3,(H2,23,24,26). The van der Waals surface area contributed by atoms with Gasteiger partial charge in [0.2, 0.25) is 10.0 Å². The molecule has 1 fully saturated rings. The van der Waals surface area contributed by atoms with Gasteiger partial charge in [0.1, 0.15) is 0 Å². The number of halogens is 1. The Morgan fingerprint density at radius 3 is 2.28 bits per heavy atom. The molecule has 0 aromatic heterocycles. The predicted molar refractivity (Wildman–Crippen MR) is 114 cm³/mol. The monoisotopic (exact) mass is 435 g/mol. The van der Waals surface area contributed by atoms with Crippen LogP contribution >= 0.6 is 11.6 Å². The van der Waals surface area contributed by atoms with Crippen LogP contribution in [0.15, 0.2) is 53.4 Å². The number of hydrogen-bond donors (Lipinski definition) is 3. The summed E-state index contributed by atoms with van der Waals surface area (Å²) in [5.74, 6) is 0. The van der Waals surface area contributed by atoms with Gasteiger partial charge in [-0.3, -0.25) is 0 Å². The van der Waals surface area contributed by atoms with Crippen LogP contribution < -0.4 is 15.4 Å². The van der Waals surface area contributed by atoms with Gasteiger partial charge < -0.3 is 10.6 Å². The smallest absolute Gasteiger partial charge is 0.315 e. The Labute approximate surface area is 177 Å². The summed E-state index contributed by atoms with van der Waals surface area (Å²) in [7, 11) is -3.69. The Morgan fingerprint density at radius 1 is 1.00 bits per heavy atom. The highest BCUT2D eigenvalue weighted by Gasteiger charge is 2.30. The van der Waals surface area contributed by atoms with Crippen molar-refractivity contribution in [3.8, 4) is 0 Å². The van der Waals surface area contributed by atoms with Crippen LogP contribution in [-0.4, -0.2) is 26.5 Å². The van der Waals surface area contributed by atoms with Crippen LogP contribution in [0, 0.1) is 6.92 Å². The third-order valence-corrected chi connectivity index (χ3v) is 6.84. The van der Waals surface area contributed by atoms with Gasteiger partial charge in [0.05, 0.1) is 4.90 Å². The fourth-order valence-electron chi connectivity index (χ4n) is 3.43. The number of benzene rings is 2. The molecular formula is C21H26ClN3O3S. The minimum absolute atomic E-state index is 0.162. The first-order valence-electron chi connectivity index (χ1n) is 9.71. The first-order chi connectivity index (χ1) is 13.8. The molecular weight excluding hydrogens is 410 g/mol. The number of carbonyl (C=O) groups is 1. The summed E-state index contributed by atoms with van der Waals surface area (Å²) < 4.78 is 28.2. The van der Waals surface area contributed by atoms with Gasteiger partial charge >= 0.3 is 6.03 Å². The van der Waals surface area contributed by atoms with Crippen molar-refractivity contribution in [3.63, 3.8) is 0 Å². The van der Waals surface area contributed by atoms with Crippen molar-refractivity contribution < 1.29 is 13.2 Å². The fraction of sp³-hybridized carbons (Fsp3) is 0.381. The van der Waals surface area contributed by atoms with Crippen LogP contribution in [0.4, 0.5) is 4.79 Å². The van der Waals surface area contributed by atoms with E-state index < -0.39 is 10.0 Å². The van der Waals surface area contributed by atoms with Crippen molar-refractivity contribution in [1.82, 2.24) is 15.4 Å². The Kier molecular flexibility index (Phi) is 7.16. The van der Waals surface area contributed by atoms with Gasteiger partial charge in [-0.15, -0.1) is 0 Å². The Morgan fingerprint density at radius 2 is 1.62 bits per heavy atom. The molecule has 1 aliphatic carbocycles. The van der Waals surface area contributed by atoms with E-state index in [9.17, 15) is 13.2 Å². The van der Waals surface area contributed by atoms with E-state index in [1.165, 1.54) is 12.1 Å². The molecule has 2 aromatic carbocycles. The molecule has 156 valence electrons. The van der Waals surface area contributed by atoms with Crippen molar-refractivity contribution >= 4 is 27.7 Å². The Balaban J connectivity index is 1.59. The van der Waals surface area contributed by atoms with Crippen molar-refractivity contribution in [3.05, 3.63) is 64.7 Å². The van der Waals surface area contributed by atoms with Crippen molar-refractivity contribution in [1.29, 1.82) is 0 Å². The molecule has 0 heterocycles. The number of urea groups is 1. The van der Waals surface area contributed by atoms with E-state index in [0.717, 1.165) is 30.4 Å². The molecule has 1 saturated carbocycles. The van der Waals surface area contributed by atoms with Crippen LogP contribution in [0.3, 0.4) is 0 Å². The maximum Gasteiger partial charge on any atom is 0.315 e. The number of rotatable bonds is 6. The number of sulfonamides is 1. The molecule has 3 N–H and O–H groups in total. The number of amides is 2. The molecule has 2 amide bonds. The van der Waals surface area contributed by atoms with Crippen molar-refractivity contribution in [2.45, 2.75) is 56.1 Å². The zero-order chi connectivity index (χ0) is 20.9. The molecule has 0 aliphatic heterocycles. The summed E-state index contributed by atoms with van der Waals surface area (Å²) in [5, 5.41) is 6.26. The normalized spacial score (nSPS) is 19.5. The second kappa shape index (κ2) is 9.61. The average molecular weight is 436 g/mol. The number of aryl methyl sites for hydroxylation is 1. The van der Waals surface area contributed by atoms with Gasteiger partial charge in [0.25, 0.3) is 0 Å². The van der Waals surface area contributed by atoms with E-state index in [-0.39, 0.29) is 23.0 Å². The maximum atomic E-state index is 12.7. The van der Waals surface area contributed by atoms with Crippen LogP contribution in [0.1, 0.15) is 36.8 Å². The summed E-state index contributed by atoms with van der Waals surface area (Å²) in [6.07, 6.45) is 3.26. The van der Waals surface area contributed by atoms with E-state index in [4.69, 9.17) is 11.6 Å². The van der Waals surface area contributed by atoms with Crippen molar-refractivity contribution in [2.24, 2.45) is 0 Å². The first kappa shape index (κ1) is 21.6. The lowest BCUT2D eigenvalue weighted by Crippen LogP contribution is -2.54. The molecule has 0 radical (unpaired) electrons. The minimum Gasteiger partial charge on any atom is -0.334 e. The molecule has 2 atom stereocenters. The molecule has 0 bridgehead atoms. The zero-order valence-electron chi connectivity index (χ0n) is 16.3. The van der Waals surface area contributed by atoms with E-state index >= 15 is 0 Å². The first-order valence-corrected chi connectivity index (χ1v) is 11.6. The second-order valence-corrected chi connectivity index (χ2v) is 9.54. The predicted octanol–water partition coefficient (Wildman–Crippen LogP) is 3.74. The molecule has 6 nitrogen and oxygen atoms in total. The van der Waals surface area contributed by atoms with Gasteiger partial charge in [-0.25, -0.2) is 17.9 Å². The number of nitrogens with one attached hydrogen (secondary N) is 3. The Hall–Kier alpha value is -2.09. The molecule has 2 aromatic rings. The molecule has 1 aliphatic rings. The van der Waals surface area contributed by atoms with Gasteiger partial charge in [0.15, 0.2) is 0 Å². The summed E-state index contributed by atoms with van der Waals surface area (Å²) in [6, 6.07) is 13.1. The summed E-state index contributed by atoms with van der Waals surface area (Å²) in [5.41, 5.74) is 2.17.